The maximum Gasteiger partial charge on any atom is 0.142 e. The molecule has 0 aromatic heterocycles. The highest BCUT2D eigenvalue weighted by Gasteiger charge is 2.20. The smallest absolute Gasteiger partial charge is 0.142 e. The van der Waals surface area contributed by atoms with Crippen molar-refractivity contribution < 1.29 is 4.74 Å². The predicted octanol–water partition coefficient (Wildman–Crippen LogP) is 3.29. The molecule has 1 saturated carbocycles. The first kappa shape index (κ1) is 13.5. The fourth-order valence-electron chi connectivity index (χ4n) is 2.54. The molecule has 0 saturated heterocycles. The van der Waals surface area contributed by atoms with Crippen molar-refractivity contribution in [3.05, 3.63) is 23.2 Å². The van der Waals surface area contributed by atoms with Crippen LogP contribution in [0.4, 0.5) is 5.69 Å². The van der Waals surface area contributed by atoms with Crippen molar-refractivity contribution in [1.29, 1.82) is 0 Å². The van der Waals surface area contributed by atoms with Crippen molar-refractivity contribution in [3.63, 3.8) is 0 Å². The molecule has 1 aromatic carbocycles. The van der Waals surface area contributed by atoms with Crippen LogP contribution >= 0.6 is 11.6 Å². The van der Waals surface area contributed by atoms with Crippen molar-refractivity contribution in [2.75, 3.05) is 19.5 Å². The van der Waals surface area contributed by atoms with Crippen molar-refractivity contribution in [3.8, 4) is 5.75 Å². The van der Waals surface area contributed by atoms with Gasteiger partial charge in [0.05, 0.1) is 12.8 Å². The summed E-state index contributed by atoms with van der Waals surface area (Å²) in [5.41, 5.74) is 0.998. The van der Waals surface area contributed by atoms with E-state index < -0.39 is 0 Å². The highest BCUT2D eigenvalue weighted by atomic mass is 35.5. The lowest BCUT2D eigenvalue weighted by atomic mass is 9.91. The zero-order valence-electron chi connectivity index (χ0n) is 11.0. The van der Waals surface area contributed by atoms with E-state index in [0.717, 1.165) is 16.5 Å². The number of anilines is 1. The van der Waals surface area contributed by atoms with Crippen LogP contribution < -0.4 is 15.4 Å². The molecule has 3 nitrogen and oxygen atoms in total. The van der Waals surface area contributed by atoms with Crippen molar-refractivity contribution >= 4 is 17.3 Å². The molecule has 100 valence electrons. The molecule has 0 atom stereocenters. The quantitative estimate of drug-likeness (QED) is 0.879. The van der Waals surface area contributed by atoms with E-state index in [-0.39, 0.29) is 0 Å². The Hall–Kier alpha value is -0.930. The van der Waals surface area contributed by atoms with Crippen LogP contribution in [0.1, 0.15) is 25.7 Å². The van der Waals surface area contributed by atoms with Gasteiger partial charge in [0.15, 0.2) is 0 Å². The fourth-order valence-corrected chi connectivity index (χ4v) is 2.71. The standard InChI is InChI=1S/C14H21ClN2O/c1-16-11-4-6-12(7-5-11)17-13-9-10(15)3-8-14(13)18-2/h3,8-9,11-12,16-17H,4-7H2,1-2H3. The minimum Gasteiger partial charge on any atom is -0.495 e. The lowest BCUT2D eigenvalue weighted by molar-refractivity contribution is 0.369. The SMILES string of the molecule is CNC1CCC(Nc2cc(Cl)ccc2OC)CC1. The molecule has 0 spiro atoms. The number of nitrogens with one attached hydrogen (secondary N) is 2. The zero-order valence-corrected chi connectivity index (χ0v) is 11.8. The first-order valence-electron chi connectivity index (χ1n) is 6.50. The van der Waals surface area contributed by atoms with E-state index in [0.29, 0.717) is 12.1 Å². The minimum absolute atomic E-state index is 0.516. The van der Waals surface area contributed by atoms with Crippen LogP contribution in [0.5, 0.6) is 5.75 Å². The third-order valence-corrected chi connectivity index (χ3v) is 3.89. The van der Waals surface area contributed by atoms with Crippen LogP contribution in [0.2, 0.25) is 5.02 Å². The molecule has 2 rings (SSSR count). The van der Waals surface area contributed by atoms with Crippen molar-refractivity contribution in [2.24, 2.45) is 0 Å². The summed E-state index contributed by atoms with van der Waals surface area (Å²) in [7, 11) is 3.73. The normalized spacial score (nSPS) is 23.7. The van der Waals surface area contributed by atoms with E-state index in [4.69, 9.17) is 16.3 Å². The third kappa shape index (κ3) is 3.30. The molecule has 4 heteroatoms. The highest BCUT2D eigenvalue weighted by Crippen LogP contribution is 2.30. The lowest BCUT2D eigenvalue weighted by Crippen LogP contribution is -2.35. The van der Waals surface area contributed by atoms with E-state index in [9.17, 15) is 0 Å². The largest absolute Gasteiger partial charge is 0.495 e. The number of hydrogen-bond acceptors (Lipinski definition) is 3. The first-order valence-corrected chi connectivity index (χ1v) is 6.88. The number of methoxy groups -OCH3 is 1. The van der Waals surface area contributed by atoms with Crippen molar-refractivity contribution in [2.45, 2.75) is 37.8 Å². The summed E-state index contributed by atoms with van der Waals surface area (Å²) in [5, 5.41) is 7.63. The van der Waals surface area contributed by atoms with E-state index in [1.165, 1.54) is 25.7 Å². The molecule has 0 unspecified atom stereocenters. The van der Waals surface area contributed by atoms with E-state index >= 15 is 0 Å². The van der Waals surface area contributed by atoms with Gasteiger partial charge in [-0.15, -0.1) is 0 Å². The summed E-state index contributed by atoms with van der Waals surface area (Å²) in [6, 6.07) is 6.88. The van der Waals surface area contributed by atoms with Gasteiger partial charge in [-0.1, -0.05) is 11.6 Å². The second kappa shape index (κ2) is 6.30. The molecular weight excluding hydrogens is 248 g/mol. The average Bonchev–Trinajstić information content (AvgIpc) is 2.40. The molecule has 0 heterocycles. The summed E-state index contributed by atoms with van der Waals surface area (Å²) in [6.45, 7) is 0. The molecule has 1 aliphatic rings. The Morgan fingerprint density at radius 3 is 2.44 bits per heavy atom. The van der Waals surface area contributed by atoms with Gasteiger partial charge < -0.3 is 15.4 Å². The summed E-state index contributed by atoms with van der Waals surface area (Å²) < 4.78 is 5.35. The van der Waals surface area contributed by atoms with Gasteiger partial charge in [-0.2, -0.15) is 0 Å². The second-order valence-corrected chi connectivity index (χ2v) is 5.26. The number of rotatable bonds is 4. The van der Waals surface area contributed by atoms with Gasteiger partial charge in [0.1, 0.15) is 5.75 Å². The fraction of sp³-hybridized carbons (Fsp3) is 0.571. The minimum atomic E-state index is 0.516. The molecule has 2 N–H and O–H groups in total. The average molecular weight is 269 g/mol. The van der Waals surface area contributed by atoms with E-state index in [2.05, 4.69) is 10.6 Å². The topological polar surface area (TPSA) is 33.3 Å². The van der Waals surface area contributed by atoms with Crippen LogP contribution in [0.3, 0.4) is 0 Å². The molecule has 1 fully saturated rings. The van der Waals surface area contributed by atoms with Crippen LogP contribution in [-0.2, 0) is 0 Å². The molecule has 0 radical (unpaired) electrons. The van der Waals surface area contributed by atoms with E-state index in [1.54, 1.807) is 7.11 Å². The molecule has 0 bridgehead atoms. The molecule has 18 heavy (non-hydrogen) atoms. The van der Waals surface area contributed by atoms with Gasteiger partial charge >= 0.3 is 0 Å². The Morgan fingerprint density at radius 2 is 1.83 bits per heavy atom. The molecule has 0 amide bonds. The number of ether oxygens (including phenoxy) is 1. The molecule has 0 aliphatic heterocycles. The summed E-state index contributed by atoms with van der Waals surface area (Å²) >= 11 is 6.03. The van der Waals surface area contributed by atoms with Crippen LogP contribution in [0.15, 0.2) is 18.2 Å². The molecule has 1 aliphatic carbocycles. The Labute approximate surface area is 114 Å². The monoisotopic (exact) mass is 268 g/mol. The second-order valence-electron chi connectivity index (χ2n) is 4.83. The highest BCUT2D eigenvalue weighted by molar-refractivity contribution is 6.30. The maximum atomic E-state index is 6.03. The Morgan fingerprint density at radius 1 is 1.17 bits per heavy atom. The van der Waals surface area contributed by atoms with Gasteiger partial charge in [-0.05, 0) is 50.9 Å². The van der Waals surface area contributed by atoms with E-state index in [1.807, 2.05) is 25.2 Å². The summed E-state index contributed by atoms with van der Waals surface area (Å²) in [4.78, 5) is 0. The predicted molar refractivity (Wildman–Crippen MR) is 76.7 cm³/mol. The summed E-state index contributed by atoms with van der Waals surface area (Å²) in [6.07, 6.45) is 4.80. The Kier molecular flexibility index (Phi) is 4.72. The number of halogens is 1. The van der Waals surface area contributed by atoms with Crippen molar-refractivity contribution in [1.82, 2.24) is 5.32 Å². The lowest BCUT2D eigenvalue weighted by Gasteiger charge is -2.30. The van der Waals surface area contributed by atoms with Gasteiger partial charge in [0.25, 0.3) is 0 Å². The number of benzene rings is 1. The third-order valence-electron chi connectivity index (χ3n) is 3.66. The maximum absolute atomic E-state index is 6.03. The Bertz CT molecular complexity index is 389. The van der Waals surface area contributed by atoms with Gasteiger partial charge in [-0.25, -0.2) is 0 Å². The van der Waals surface area contributed by atoms with Crippen LogP contribution in [0, 0.1) is 0 Å². The Balaban J connectivity index is 1.99. The molecular formula is C14H21ClN2O. The van der Waals surface area contributed by atoms with Crippen LogP contribution in [-0.4, -0.2) is 26.2 Å². The zero-order chi connectivity index (χ0) is 13.0. The number of hydrogen-bond donors (Lipinski definition) is 2. The van der Waals surface area contributed by atoms with Gasteiger partial charge in [0.2, 0.25) is 0 Å². The van der Waals surface area contributed by atoms with Crippen LogP contribution in [0.25, 0.3) is 0 Å². The van der Waals surface area contributed by atoms with Gasteiger partial charge in [-0.3, -0.25) is 0 Å². The summed E-state index contributed by atoms with van der Waals surface area (Å²) in [5.74, 6) is 0.857. The van der Waals surface area contributed by atoms with Gasteiger partial charge in [0, 0.05) is 17.1 Å². The molecule has 1 aromatic rings. The first-order chi connectivity index (χ1) is 8.72.